The molecule has 3 aromatic rings. The largest absolute Gasteiger partial charge is 0.368 e. The molecule has 1 aliphatic heterocycles. The number of para-hydroxylation sites is 1. The first kappa shape index (κ1) is 17.7. The Kier molecular flexibility index (Phi) is 4.95. The van der Waals surface area contributed by atoms with E-state index in [9.17, 15) is 8.42 Å². The zero-order valence-electron chi connectivity index (χ0n) is 14.5. The number of aromatic nitrogens is 2. The van der Waals surface area contributed by atoms with Gasteiger partial charge in [-0.15, -0.1) is 11.3 Å². The number of anilines is 3. The summed E-state index contributed by atoms with van der Waals surface area (Å²) in [5.41, 5.74) is 1.58. The predicted octanol–water partition coefficient (Wildman–Crippen LogP) is 2.67. The van der Waals surface area contributed by atoms with E-state index in [0.717, 1.165) is 26.2 Å². The molecule has 0 unspecified atom stereocenters. The Morgan fingerprint density at radius 2 is 1.56 bits per heavy atom. The first-order valence-electron chi connectivity index (χ1n) is 8.55. The molecule has 0 radical (unpaired) electrons. The lowest BCUT2D eigenvalue weighted by Crippen LogP contribution is -2.47. The molecule has 0 amide bonds. The van der Waals surface area contributed by atoms with Crippen LogP contribution in [0.25, 0.3) is 0 Å². The molecule has 7 nitrogen and oxygen atoms in total. The normalized spacial score (nSPS) is 15.0. The summed E-state index contributed by atoms with van der Waals surface area (Å²) in [6.07, 6.45) is 3.02. The van der Waals surface area contributed by atoms with Crippen LogP contribution in [0.5, 0.6) is 0 Å². The second-order valence-electron chi connectivity index (χ2n) is 6.12. The highest BCUT2D eigenvalue weighted by molar-refractivity contribution is 7.94. The highest BCUT2D eigenvalue weighted by Gasteiger charge is 2.20. The van der Waals surface area contributed by atoms with Crippen molar-refractivity contribution in [2.75, 3.05) is 40.7 Å². The summed E-state index contributed by atoms with van der Waals surface area (Å²) in [6.45, 7) is 3.41. The van der Waals surface area contributed by atoms with Gasteiger partial charge in [-0.1, -0.05) is 24.3 Å². The van der Waals surface area contributed by atoms with Gasteiger partial charge in [0.05, 0.1) is 18.1 Å². The zero-order chi connectivity index (χ0) is 18.7. The molecule has 27 heavy (non-hydrogen) atoms. The van der Waals surface area contributed by atoms with E-state index in [1.807, 2.05) is 18.2 Å². The maximum absolute atomic E-state index is 12.2. The summed E-state index contributed by atoms with van der Waals surface area (Å²) in [4.78, 5) is 13.1. The van der Waals surface area contributed by atoms with Crippen LogP contribution >= 0.6 is 11.3 Å². The topological polar surface area (TPSA) is 78.4 Å². The number of benzene rings is 1. The third kappa shape index (κ3) is 4.04. The van der Waals surface area contributed by atoms with Gasteiger partial charge in [0.15, 0.2) is 0 Å². The van der Waals surface area contributed by atoms with E-state index >= 15 is 0 Å². The number of rotatable bonds is 5. The summed E-state index contributed by atoms with van der Waals surface area (Å²) in [5.74, 6) is 0.613. The quantitative estimate of drug-likeness (QED) is 0.708. The Hall–Kier alpha value is -2.65. The molecule has 0 atom stereocenters. The van der Waals surface area contributed by atoms with Gasteiger partial charge in [-0.3, -0.25) is 4.72 Å². The van der Waals surface area contributed by atoms with Crippen LogP contribution in [-0.2, 0) is 10.0 Å². The summed E-state index contributed by atoms with van der Waals surface area (Å²) < 4.78 is 27.3. The van der Waals surface area contributed by atoms with E-state index in [1.54, 1.807) is 17.5 Å². The van der Waals surface area contributed by atoms with E-state index in [0.29, 0.717) is 11.6 Å². The lowest BCUT2D eigenvalue weighted by molar-refractivity contribution is 0.603. The first-order chi connectivity index (χ1) is 13.1. The van der Waals surface area contributed by atoms with Crippen molar-refractivity contribution in [3.8, 4) is 0 Å². The highest BCUT2D eigenvalue weighted by Crippen LogP contribution is 2.21. The minimum absolute atomic E-state index is 0.267. The Bertz CT molecular complexity index is 968. The average molecular weight is 402 g/mol. The molecule has 1 aromatic carbocycles. The van der Waals surface area contributed by atoms with Gasteiger partial charge in [0.1, 0.15) is 4.21 Å². The zero-order valence-corrected chi connectivity index (χ0v) is 16.2. The van der Waals surface area contributed by atoms with Gasteiger partial charge in [0.2, 0.25) is 5.95 Å². The molecule has 1 fully saturated rings. The third-order valence-corrected chi connectivity index (χ3v) is 7.11. The van der Waals surface area contributed by atoms with E-state index in [2.05, 4.69) is 36.6 Å². The molecular formula is C18H19N5O2S2. The van der Waals surface area contributed by atoms with Gasteiger partial charge in [0, 0.05) is 31.9 Å². The second-order valence-corrected chi connectivity index (χ2v) is 8.98. The van der Waals surface area contributed by atoms with Gasteiger partial charge in [-0.2, -0.15) is 0 Å². The fourth-order valence-electron chi connectivity index (χ4n) is 2.96. The van der Waals surface area contributed by atoms with Crippen LogP contribution in [0, 0.1) is 0 Å². The number of nitrogens with zero attached hydrogens (tertiary/aromatic N) is 4. The molecule has 0 aliphatic carbocycles. The lowest BCUT2D eigenvalue weighted by atomic mass is 10.2. The maximum Gasteiger partial charge on any atom is 0.271 e. The molecular weight excluding hydrogens is 382 g/mol. The lowest BCUT2D eigenvalue weighted by Gasteiger charge is -2.36. The molecule has 4 rings (SSSR count). The third-order valence-electron chi connectivity index (χ3n) is 4.33. The molecule has 140 valence electrons. The standard InChI is InChI=1S/C18H19N5O2S2/c24-27(25,17-7-4-12-26-17)21-15-13-19-18(20-14-15)23-10-8-22(9-11-23)16-5-2-1-3-6-16/h1-7,12-14,21H,8-11H2. The van der Waals surface area contributed by atoms with Crippen LogP contribution in [0.1, 0.15) is 0 Å². The van der Waals surface area contributed by atoms with Gasteiger partial charge >= 0.3 is 0 Å². The van der Waals surface area contributed by atoms with Gasteiger partial charge in [0.25, 0.3) is 10.0 Å². The monoisotopic (exact) mass is 401 g/mol. The average Bonchev–Trinajstić information content (AvgIpc) is 3.25. The Morgan fingerprint density at radius 1 is 0.889 bits per heavy atom. The van der Waals surface area contributed by atoms with Crippen molar-refractivity contribution in [1.82, 2.24) is 9.97 Å². The molecule has 3 heterocycles. The summed E-state index contributed by atoms with van der Waals surface area (Å²) in [5, 5.41) is 1.73. The molecule has 9 heteroatoms. The fourth-order valence-corrected chi connectivity index (χ4v) is 4.98. The van der Waals surface area contributed by atoms with Crippen LogP contribution in [0.3, 0.4) is 0 Å². The molecule has 2 aromatic heterocycles. The van der Waals surface area contributed by atoms with Crippen molar-refractivity contribution in [3.63, 3.8) is 0 Å². The number of hydrogen-bond acceptors (Lipinski definition) is 7. The van der Waals surface area contributed by atoms with Gasteiger partial charge < -0.3 is 9.80 Å². The molecule has 0 saturated carbocycles. The maximum atomic E-state index is 12.2. The Morgan fingerprint density at radius 3 is 2.19 bits per heavy atom. The van der Waals surface area contributed by atoms with Gasteiger partial charge in [-0.25, -0.2) is 18.4 Å². The SMILES string of the molecule is O=S(=O)(Nc1cnc(N2CCN(c3ccccc3)CC2)nc1)c1cccs1. The second kappa shape index (κ2) is 7.53. The van der Waals surface area contributed by atoms with Crippen molar-refractivity contribution in [2.45, 2.75) is 4.21 Å². The van der Waals surface area contributed by atoms with Crippen LogP contribution < -0.4 is 14.5 Å². The molecule has 0 spiro atoms. The summed E-state index contributed by atoms with van der Waals surface area (Å²) in [6, 6.07) is 13.6. The van der Waals surface area contributed by atoms with Gasteiger partial charge in [-0.05, 0) is 23.6 Å². The van der Waals surface area contributed by atoms with Crippen LogP contribution in [0.4, 0.5) is 17.3 Å². The number of hydrogen-bond donors (Lipinski definition) is 1. The number of sulfonamides is 1. The van der Waals surface area contributed by atoms with Crippen molar-refractivity contribution >= 4 is 38.7 Å². The first-order valence-corrected chi connectivity index (χ1v) is 10.9. The van der Waals surface area contributed by atoms with E-state index in [4.69, 9.17) is 0 Å². The van der Waals surface area contributed by atoms with Crippen LogP contribution in [-0.4, -0.2) is 44.6 Å². The number of thiophene rings is 1. The van der Waals surface area contributed by atoms with Crippen molar-refractivity contribution in [3.05, 3.63) is 60.2 Å². The van der Waals surface area contributed by atoms with E-state index in [-0.39, 0.29) is 4.21 Å². The molecule has 0 bridgehead atoms. The van der Waals surface area contributed by atoms with Crippen LogP contribution in [0.15, 0.2) is 64.4 Å². The number of piperazine rings is 1. The predicted molar refractivity (Wildman–Crippen MR) is 108 cm³/mol. The van der Waals surface area contributed by atoms with Crippen molar-refractivity contribution < 1.29 is 8.42 Å². The van der Waals surface area contributed by atoms with Crippen molar-refractivity contribution in [1.29, 1.82) is 0 Å². The molecule has 1 aliphatic rings. The minimum Gasteiger partial charge on any atom is -0.368 e. The molecule has 1 saturated heterocycles. The van der Waals surface area contributed by atoms with E-state index < -0.39 is 10.0 Å². The Labute approximate surface area is 162 Å². The number of nitrogens with one attached hydrogen (secondary N) is 1. The fraction of sp³-hybridized carbons (Fsp3) is 0.222. The Balaban J connectivity index is 1.39. The minimum atomic E-state index is -3.58. The van der Waals surface area contributed by atoms with E-state index in [1.165, 1.54) is 29.4 Å². The summed E-state index contributed by atoms with van der Waals surface area (Å²) in [7, 11) is -3.58. The smallest absolute Gasteiger partial charge is 0.271 e. The summed E-state index contributed by atoms with van der Waals surface area (Å²) >= 11 is 1.17. The highest BCUT2D eigenvalue weighted by atomic mass is 32.2. The van der Waals surface area contributed by atoms with Crippen LogP contribution in [0.2, 0.25) is 0 Å². The van der Waals surface area contributed by atoms with Crippen molar-refractivity contribution in [2.24, 2.45) is 0 Å². The molecule has 1 N–H and O–H groups in total.